The van der Waals surface area contributed by atoms with Crippen molar-refractivity contribution in [1.29, 1.82) is 0 Å². The molecule has 0 aromatic heterocycles. The maximum absolute atomic E-state index is 12.5. The van der Waals surface area contributed by atoms with Crippen LogP contribution in [0.5, 0.6) is 0 Å². The van der Waals surface area contributed by atoms with Gasteiger partial charge in [0.2, 0.25) is 10.0 Å². The lowest BCUT2D eigenvalue weighted by Gasteiger charge is -2.17. The van der Waals surface area contributed by atoms with Gasteiger partial charge in [0.15, 0.2) is 0 Å². The van der Waals surface area contributed by atoms with Crippen LogP contribution >= 0.6 is 0 Å². The maximum atomic E-state index is 12.5. The molecule has 0 bridgehead atoms. The lowest BCUT2D eigenvalue weighted by atomic mass is 10.0. The monoisotopic (exact) mass is 283 g/mol. The van der Waals surface area contributed by atoms with Crippen molar-refractivity contribution in [2.45, 2.75) is 31.8 Å². The van der Waals surface area contributed by atoms with E-state index in [-0.39, 0.29) is 4.90 Å². The van der Waals surface area contributed by atoms with Crippen LogP contribution in [0.3, 0.4) is 0 Å². The number of benzene rings is 1. The largest absolute Gasteiger partial charge is 0.389 e. The minimum Gasteiger partial charge on any atom is -0.389 e. The van der Waals surface area contributed by atoms with Crippen molar-refractivity contribution in [3.8, 4) is 0 Å². The minimum atomic E-state index is -3.44. The summed E-state index contributed by atoms with van der Waals surface area (Å²) in [4.78, 5) is 0.271. The van der Waals surface area contributed by atoms with Gasteiger partial charge in [0.05, 0.1) is 11.0 Å². The Kier molecular flexibility index (Phi) is 3.99. The molecule has 0 aliphatic carbocycles. The molecule has 1 aromatic rings. The van der Waals surface area contributed by atoms with Crippen LogP contribution in [-0.4, -0.2) is 30.9 Å². The van der Waals surface area contributed by atoms with Crippen molar-refractivity contribution in [3.63, 3.8) is 0 Å². The predicted octanol–water partition coefficient (Wildman–Crippen LogP) is 2.02. The summed E-state index contributed by atoms with van der Waals surface area (Å²) in [5, 5.41) is 9.55. The Balaban J connectivity index is 2.32. The Hall–Kier alpha value is -0.910. The molecule has 4 nitrogen and oxygen atoms in total. The molecule has 1 fully saturated rings. The molecular weight excluding hydrogens is 262 g/mol. The molecule has 5 heteroatoms. The quantitative estimate of drug-likeness (QED) is 0.923. The first kappa shape index (κ1) is 14.5. The maximum Gasteiger partial charge on any atom is 0.243 e. The molecule has 0 radical (unpaired) electrons. The van der Waals surface area contributed by atoms with Crippen LogP contribution in [0.4, 0.5) is 0 Å². The van der Waals surface area contributed by atoms with Gasteiger partial charge < -0.3 is 5.11 Å². The van der Waals surface area contributed by atoms with Crippen LogP contribution in [-0.2, 0) is 10.0 Å². The van der Waals surface area contributed by atoms with Crippen LogP contribution < -0.4 is 0 Å². The molecule has 3 unspecified atom stereocenters. The Morgan fingerprint density at radius 2 is 1.84 bits per heavy atom. The van der Waals surface area contributed by atoms with Crippen LogP contribution in [0.25, 0.3) is 0 Å². The number of hydrogen-bond acceptors (Lipinski definition) is 3. The zero-order chi connectivity index (χ0) is 14.2. The van der Waals surface area contributed by atoms with Gasteiger partial charge >= 0.3 is 0 Å². The normalized spacial score (nSPS) is 26.5. The summed E-state index contributed by atoms with van der Waals surface area (Å²) < 4.78 is 26.6. The number of aliphatic hydroxyl groups excluding tert-OH is 1. The molecular formula is C14H21NO3S. The molecule has 0 amide bonds. The smallest absolute Gasteiger partial charge is 0.243 e. The second-order valence-electron chi connectivity index (χ2n) is 5.53. The van der Waals surface area contributed by atoms with E-state index in [2.05, 4.69) is 13.8 Å². The molecule has 0 spiro atoms. The minimum absolute atomic E-state index is 0.271. The highest BCUT2D eigenvalue weighted by molar-refractivity contribution is 7.89. The first-order valence-corrected chi connectivity index (χ1v) is 8.04. The fraction of sp³-hybridized carbons (Fsp3) is 0.571. The summed E-state index contributed by atoms with van der Waals surface area (Å²) in [6.07, 6.45) is -0.661. The van der Waals surface area contributed by atoms with E-state index in [0.717, 1.165) is 0 Å². The number of aliphatic hydroxyl groups is 1. The van der Waals surface area contributed by atoms with Crippen LogP contribution in [0.15, 0.2) is 29.2 Å². The highest BCUT2D eigenvalue weighted by Crippen LogP contribution is 2.28. The average Bonchev–Trinajstić information content (AvgIpc) is 2.70. The van der Waals surface area contributed by atoms with E-state index < -0.39 is 16.1 Å². The van der Waals surface area contributed by atoms with Crippen LogP contribution in [0, 0.1) is 11.8 Å². The number of sulfonamides is 1. The highest BCUT2D eigenvalue weighted by Gasteiger charge is 2.34. The molecule has 0 saturated carbocycles. The van der Waals surface area contributed by atoms with E-state index in [9.17, 15) is 13.5 Å². The van der Waals surface area contributed by atoms with Crippen molar-refractivity contribution < 1.29 is 13.5 Å². The van der Waals surface area contributed by atoms with Gasteiger partial charge in [-0.1, -0.05) is 26.0 Å². The van der Waals surface area contributed by atoms with E-state index in [1.54, 1.807) is 35.5 Å². The fourth-order valence-corrected chi connectivity index (χ4v) is 4.05. The summed E-state index contributed by atoms with van der Waals surface area (Å²) in [6.45, 7) is 6.93. The van der Waals surface area contributed by atoms with Gasteiger partial charge in [0, 0.05) is 13.1 Å². The first-order valence-electron chi connectivity index (χ1n) is 6.60. The van der Waals surface area contributed by atoms with E-state index in [4.69, 9.17) is 0 Å². The van der Waals surface area contributed by atoms with Crippen molar-refractivity contribution in [1.82, 2.24) is 4.31 Å². The predicted molar refractivity (Wildman–Crippen MR) is 74.2 cm³/mol. The Labute approximate surface area is 115 Å². The Bertz CT molecular complexity index is 544. The second-order valence-corrected chi connectivity index (χ2v) is 7.46. The first-order chi connectivity index (χ1) is 8.82. The topological polar surface area (TPSA) is 57.6 Å². The Morgan fingerprint density at radius 3 is 2.37 bits per heavy atom. The third-order valence-electron chi connectivity index (χ3n) is 3.93. The van der Waals surface area contributed by atoms with Gasteiger partial charge in [-0.05, 0) is 36.5 Å². The van der Waals surface area contributed by atoms with E-state index >= 15 is 0 Å². The molecule has 1 aliphatic rings. The SMILES string of the molecule is CC(O)c1cccc(S(=O)(=O)N2CC(C)C(C)C2)c1. The molecule has 1 N–H and O–H groups in total. The summed E-state index contributed by atoms with van der Waals surface area (Å²) in [7, 11) is -3.44. The lowest BCUT2D eigenvalue weighted by Crippen LogP contribution is -2.29. The van der Waals surface area contributed by atoms with Gasteiger partial charge in [-0.2, -0.15) is 4.31 Å². The fourth-order valence-electron chi connectivity index (χ4n) is 2.36. The van der Waals surface area contributed by atoms with Gasteiger partial charge in [-0.3, -0.25) is 0 Å². The van der Waals surface area contributed by atoms with Gasteiger partial charge in [-0.15, -0.1) is 0 Å². The van der Waals surface area contributed by atoms with Crippen molar-refractivity contribution in [3.05, 3.63) is 29.8 Å². The third kappa shape index (κ3) is 2.83. The Morgan fingerprint density at radius 1 is 1.26 bits per heavy atom. The molecule has 1 saturated heterocycles. The summed E-state index contributed by atoms with van der Waals surface area (Å²) >= 11 is 0. The number of hydrogen-bond donors (Lipinski definition) is 1. The molecule has 3 atom stereocenters. The molecule has 1 aliphatic heterocycles. The zero-order valence-electron chi connectivity index (χ0n) is 11.6. The number of rotatable bonds is 3. The molecule has 2 rings (SSSR count). The van der Waals surface area contributed by atoms with Crippen molar-refractivity contribution >= 4 is 10.0 Å². The van der Waals surface area contributed by atoms with Gasteiger partial charge in [-0.25, -0.2) is 8.42 Å². The van der Waals surface area contributed by atoms with E-state index in [0.29, 0.717) is 30.5 Å². The summed E-state index contributed by atoms with van der Waals surface area (Å²) in [5.41, 5.74) is 0.626. The number of nitrogens with zero attached hydrogens (tertiary/aromatic N) is 1. The van der Waals surface area contributed by atoms with Crippen molar-refractivity contribution in [2.24, 2.45) is 11.8 Å². The third-order valence-corrected chi connectivity index (χ3v) is 5.76. The standard InChI is InChI=1S/C14H21NO3S/c1-10-8-15(9-11(10)2)19(17,18)14-6-4-5-13(7-14)12(3)16/h4-7,10-12,16H,8-9H2,1-3H3. The van der Waals surface area contributed by atoms with Gasteiger partial charge in [0.25, 0.3) is 0 Å². The van der Waals surface area contributed by atoms with Crippen molar-refractivity contribution in [2.75, 3.05) is 13.1 Å². The molecule has 1 heterocycles. The second kappa shape index (κ2) is 5.23. The van der Waals surface area contributed by atoms with Crippen LogP contribution in [0.2, 0.25) is 0 Å². The van der Waals surface area contributed by atoms with Gasteiger partial charge in [0.1, 0.15) is 0 Å². The van der Waals surface area contributed by atoms with Crippen LogP contribution in [0.1, 0.15) is 32.4 Å². The van der Waals surface area contributed by atoms with E-state index in [1.165, 1.54) is 0 Å². The average molecular weight is 283 g/mol. The molecule has 19 heavy (non-hydrogen) atoms. The lowest BCUT2D eigenvalue weighted by molar-refractivity contribution is 0.199. The highest BCUT2D eigenvalue weighted by atomic mass is 32.2. The molecule has 106 valence electrons. The summed E-state index contributed by atoms with van der Waals surface area (Å²) in [5.74, 6) is 0.768. The van der Waals surface area contributed by atoms with E-state index in [1.807, 2.05) is 0 Å². The zero-order valence-corrected chi connectivity index (χ0v) is 12.4. The molecule has 1 aromatic carbocycles. The summed E-state index contributed by atoms with van der Waals surface area (Å²) in [6, 6.07) is 6.57.